The van der Waals surface area contributed by atoms with E-state index in [0.717, 1.165) is 17.0 Å². The first-order valence-corrected chi connectivity index (χ1v) is 9.54. The molecule has 4 nitrogen and oxygen atoms in total. The maximum atomic E-state index is 13.7. The van der Waals surface area contributed by atoms with Gasteiger partial charge in [-0.25, -0.2) is 4.39 Å². The second-order valence-electron chi connectivity index (χ2n) is 5.96. The minimum atomic E-state index is -0.420. The van der Waals surface area contributed by atoms with Gasteiger partial charge in [0.05, 0.1) is 16.8 Å². The fourth-order valence-corrected chi connectivity index (χ4v) is 4.74. The van der Waals surface area contributed by atoms with Crippen molar-refractivity contribution in [2.45, 2.75) is 5.92 Å². The van der Waals surface area contributed by atoms with Gasteiger partial charge in [-0.1, -0.05) is 6.07 Å². The van der Waals surface area contributed by atoms with Crippen molar-refractivity contribution in [3.63, 3.8) is 0 Å². The molecule has 2 N–H and O–H groups in total. The summed E-state index contributed by atoms with van der Waals surface area (Å²) in [7, 11) is 0. The van der Waals surface area contributed by atoms with Gasteiger partial charge in [0.1, 0.15) is 5.82 Å². The molecule has 0 aromatic heterocycles. The predicted molar refractivity (Wildman–Crippen MR) is 94.2 cm³/mol. The quantitative estimate of drug-likeness (QED) is 0.746. The summed E-state index contributed by atoms with van der Waals surface area (Å²) < 4.78 is 14.0. The van der Waals surface area contributed by atoms with Gasteiger partial charge < -0.3 is 10.6 Å². The van der Waals surface area contributed by atoms with E-state index in [0.29, 0.717) is 33.7 Å². The van der Waals surface area contributed by atoms with Gasteiger partial charge in [-0.2, -0.15) is 0 Å². The number of dihydropyridines is 1. The molecule has 7 heteroatoms. The molecule has 24 heavy (non-hydrogen) atoms. The third kappa shape index (κ3) is 2.55. The molecule has 0 saturated carbocycles. The summed E-state index contributed by atoms with van der Waals surface area (Å²) in [6.45, 7) is 0.820. The number of nitrogens with one attached hydrogen (secondary N) is 2. The van der Waals surface area contributed by atoms with Gasteiger partial charge >= 0.3 is 0 Å². The van der Waals surface area contributed by atoms with Crippen LogP contribution in [0.25, 0.3) is 0 Å². The highest BCUT2D eigenvalue weighted by molar-refractivity contribution is 9.10. The Morgan fingerprint density at radius 1 is 1.08 bits per heavy atom. The number of ketones is 2. The number of hydrogen-bond acceptors (Lipinski definition) is 5. The molecule has 124 valence electrons. The zero-order chi connectivity index (χ0) is 16.8. The molecule has 0 aliphatic carbocycles. The van der Waals surface area contributed by atoms with E-state index >= 15 is 0 Å². The van der Waals surface area contributed by atoms with Crippen LogP contribution in [-0.4, -0.2) is 36.2 Å². The SMILES string of the molecule is O=C1CNCC2=C1C(c1ccc(F)c(Br)c1)C1=C(CSCC1=O)N2. The lowest BCUT2D eigenvalue weighted by Crippen LogP contribution is -2.44. The van der Waals surface area contributed by atoms with E-state index in [1.807, 2.05) is 0 Å². The van der Waals surface area contributed by atoms with Crippen LogP contribution in [0.4, 0.5) is 4.39 Å². The van der Waals surface area contributed by atoms with Crippen molar-refractivity contribution in [1.82, 2.24) is 10.6 Å². The van der Waals surface area contributed by atoms with Crippen LogP contribution < -0.4 is 10.6 Å². The van der Waals surface area contributed by atoms with Crippen LogP contribution in [0.5, 0.6) is 0 Å². The molecular formula is C17H14BrFN2O2S. The molecule has 0 bridgehead atoms. The number of thioether (sulfide) groups is 1. The summed E-state index contributed by atoms with van der Waals surface area (Å²) in [5.74, 6) is 0.359. The van der Waals surface area contributed by atoms with Crippen LogP contribution in [0, 0.1) is 5.82 Å². The topological polar surface area (TPSA) is 58.2 Å². The van der Waals surface area contributed by atoms with Crippen molar-refractivity contribution in [3.8, 4) is 0 Å². The van der Waals surface area contributed by atoms with Gasteiger partial charge in [0.2, 0.25) is 0 Å². The van der Waals surface area contributed by atoms with E-state index in [4.69, 9.17) is 0 Å². The molecule has 1 atom stereocenters. The highest BCUT2D eigenvalue weighted by Crippen LogP contribution is 2.42. The van der Waals surface area contributed by atoms with E-state index in [9.17, 15) is 14.0 Å². The fourth-order valence-electron chi connectivity index (χ4n) is 3.47. The molecule has 1 aromatic rings. The standard InChI is InChI=1S/C17H14BrFN2O2S/c18-9-3-8(1-2-10(9)19)15-16-11(4-20-5-13(16)22)21-12-6-24-7-14(23)17(12)15/h1-3,15,20-21H,4-7H2. The summed E-state index contributed by atoms with van der Waals surface area (Å²) in [5.41, 5.74) is 3.75. The number of carbonyl (C=O) groups is 2. The van der Waals surface area contributed by atoms with Crippen molar-refractivity contribution >= 4 is 39.3 Å². The highest BCUT2D eigenvalue weighted by Gasteiger charge is 2.40. The Morgan fingerprint density at radius 2 is 1.88 bits per heavy atom. The van der Waals surface area contributed by atoms with Crippen LogP contribution in [0.15, 0.2) is 45.2 Å². The van der Waals surface area contributed by atoms with Crippen LogP contribution >= 0.6 is 27.7 Å². The molecule has 0 fully saturated rings. The fraction of sp³-hybridized carbons (Fsp3) is 0.294. The van der Waals surface area contributed by atoms with Gasteiger partial charge in [-0.15, -0.1) is 11.8 Å². The molecular weight excluding hydrogens is 395 g/mol. The minimum Gasteiger partial charge on any atom is -0.360 e. The highest BCUT2D eigenvalue weighted by atomic mass is 79.9. The normalized spacial score (nSPS) is 23.8. The average molecular weight is 409 g/mol. The third-order valence-electron chi connectivity index (χ3n) is 4.47. The van der Waals surface area contributed by atoms with E-state index in [1.165, 1.54) is 6.07 Å². The molecule has 1 unspecified atom stereocenters. The lowest BCUT2D eigenvalue weighted by Gasteiger charge is -2.37. The van der Waals surface area contributed by atoms with Crippen LogP contribution in [-0.2, 0) is 9.59 Å². The Hall–Kier alpha value is -1.44. The van der Waals surface area contributed by atoms with Gasteiger partial charge in [0.15, 0.2) is 11.6 Å². The van der Waals surface area contributed by atoms with Gasteiger partial charge in [0, 0.05) is 40.8 Å². The van der Waals surface area contributed by atoms with Gasteiger partial charge in [-0.05, 0) is 33.6 Å². The Bertz CT molecular complexity index is 792. The summed E-state index contributed by atoms with van der Waals surface area (Å²) >= 11 is 4.77. The van der Waals surface area contributed by atoms with Crippen molar-refractivity contribution in [2.75, 3.05) is 24.6 Å². The number of carbonyl (C=O) groups excluding carboxylic acids is 2. The molecule has 0 saturated heterocycles. The zero-order valence-electron chi connectivity index (χ0n) is 12.6. The second kappa shape index (κ2) is 6.13. The van der Waals surface area contributed by atoms with Crippen molar-refractivity contribution in [3.05, 3.63) is 56.6 Å². The Kier molecular flexibility index (Phi) is 4.10. The molecule has 0 radical (unpaired) electrons. The lowest BCUT2D eigenvalue weighted by atomic mass is 9.76. The number of hydrogen-bond donors (Lipinski definition) is 2. The summed E-state index contributed by atoms with van der Waals surface area (Å²) in [6, 6.07) is 4.70. The summed E-state index contributed by atoms with van der Waals surface area (Å²) in [6.07, 6.45) is 0. The first-order valence-electron chi connectivity index (χ1n) is 7.59. The number of rotatable bonds is 1. The van der Waals surface area contributed by atoms with Crippen LogP contribution in [0.2, 0.25) is 0 Å². The molecule has 0 spiro atoms. The predicted octanol–water partition coefficient (Wildman–Crippen LogP) is 2.27. The summed E-state index contributed by atoms with van der Waals surface area (Å²) in [4.78, 5) is 25.2. The molecule has 4 rings (SSSR count). The minimum absolute atomic E-state index is 0.0215. The largest absolute Gasteiger partial charge is 0.360 e. The first-order chi connectivity index (χ1) is 11.6. The number of halogens is 2. The molecule has 3 heterocycles. The van der Waals surface area contributed by atoms with Gasteiger partial charge in [0.25, 0.3) is 0 Å². The van der Waals surface area contributed by atoms with Crippen molar-refractivity contribution in [2.24, 2.45) is 0 Å². The van der Waals surface area contributed by atoms with E-state index in [1.54, 1.807) is 23.9 Å². The third-order valence-corrected chi connectivity index (χ3v) is 6.04. The second-order valence-corrected chi connectivity index (χ2v) is 7.80. The maximum Gasteiger partial charge on any atom is 0.175 e. The van der Waals surface area contributed by atoms with Crippen LogP contribution in [0.3, 0.4) is 0 Å². The first kappa shape index (κ1) is 16.1. The molecule has 3 aliphatic rings. The maximum absolute atomic E-state index is 13.7. The Labute approximate surface area is 151 Å². The Balaban J connectivity index is 1.92. The van der Waals surface area contributed by atoms with Crippen molar-refractivity contribution < 1.29 is 14.0 Å². The van der Waals surface area contributed by atoms with E-state index in [2.05, 4.69) is 26.6 Å². The average Bonchev–Trinajstić information content (AvgIpc) is 2.56. The van der Waals surface area contributed by atoms with Gasteiger partial charge in [-0.3, -0.25) is 9.59 Å². The number of allylic oxidation sites excluding steroid dienone is 1. The summed E-state index contributed by atoms with van der Waals surface area (Å²) in [5, 5.41) is 6.37. The number of Topliss-reactive ketones (excluding diaryl/α,β-unsaturated/α-hetero) is 2. The molecule has 3 aliphatic heterocycles. The zero-order valence-corrected chi connectivity index (χ0v) is 15.0. The molecule has 1 aromatic carbocycles. The lowest BCUT2D eigenvalue weighted by molar-refractivity contribution is -0.115. The van der Waals surface area contributed by atoms with E-state index in [-0.39, 0.29) is 23.9 Å². The Morgan fingerprint density at radius 3 is 2.67 bits per heavy atom. The number of benzene rings is 1. The smallest absolute Gasteiger partial charge is 0.175 e. The molecule has 0 amide bonds. The van der Waals surface area contributed by atoms with E-state index < -0.39 is 5.92 Å². The monoisotopic (exact) mass is 408 g/mol. The van der Waals surface area contributed by atoms with Crippen molar-refractivity contribution in [1.29, 1.82) is 0 Å². The van der Waals surface area contributed by atoms with Crippen LogP contribution in [0.1, 0.15) is 11.5 Å².